The lowest BCUT2D eigenvalue weighted by molar-refractivity contribution is -0.129. The van der Waals surface area contributed by atoms with Crippen molar-refractivity contribution in [3.63, 3.8) is 0 Å². The summed E-state index contributed by atoms with van der Waals surface area (Å²) < 4.78 is 5.74. The van der Waals surface area contributed by atoms with Gasteiger partial charge in [-0.05, 0) is 56.0 Å². The number of benzene rings is 1. The number of rotatable bonds is 8. The third-order valence-electron chi connectivity index (χ3n) is 5.41. The number of hydrogen-bond donors (Lipinski definition) is 0. The monoisotopic (exact) mass is 356 g/mol. The van der Waals surface area contributed by atoms with E-state index in [1.807, 2.05) is 19.1 Å². The van der Waals surface area contributed by atoms with Crippen LogP contribution in [0.25, 0.3) is 0 Å². The van der Waals surface area contributed by atoms with Gasteiger partial charge in [0, 0.05) is 32.1 Å². The first-order valence-electron chi connectivity index (χ1n) is 9.85. The molecule has 0 radical (unpaired) electrons. The highest BCUT2D eigenvalue weighted by Gasteiger charge is 2.35. The van der Waals surface area contributed by atoms with Gasteiger partial charge in [-0.25, -0.2) is 0 Å². The Hall–Kier alpha value is -1.81. The molecule has 3 rings (SSSR count). The van der Waals surface area contributed by atoms with Crippen molar-refractivity contribution in [3.05, 3.63) is 42.0 Å². The lowest BCUT2D eigenvalue weighted by Gasteiger charge is -2.25. The van der Waals surface area contributed by atoms with Gasteiger partial charge < -0.3 is 14.5 Å². The third kappa shape index (κ3) is 5.10. The van der Waals surface area contributed by atoms with Crippen LogP contribution in [-0.4, -0.2) is 48.5 Å². The second kappa shape index (κ2) is 8.72. The molecule has 0 spiro atoms. The maximum Gasteiger partial charge on any atom is 0.223 e. The van der Waals surface area contributed by atoms with Gasteiger partial charge in [0.2, 0.25) is 5.91 Å². The van der Waals surface area contributed by atoms with Crippen molar-refractivity contribution in [2.75, 3.05) is 26.7 Å². The topological polar surface area (TPSA) is 32.8 Å². The molecule has 2 fully saturated rings. The fraction of sp³-hybridized carbons (Fsp3) is 0.591. The fourth-order valence-corrected chi connectivity index (χ4v) is 4.26. The van der Waals surface area contributed by atoms with E-state index in [-0.39, 0.29) is 0 Å². The summed E-state index contributed by atoms with van der Waals surface area (Å²) in [5.74, 6) is 1.71. The van der Waals surface area contributed by atoms with E-state index in [0.717, 1.165) is 31.0 Å². The van der Waals surface area contributed by atoms with Crippen LogP contribution in [0.3, 0.4) is 0 Å². The molecule has 1 aromatic carbocycles. The van der Waals surface area contributed by atoms with E-state index in [0.29, 0.717) is 30.9 Å². The summed E-state index contributed by atoms with van der Waals surface area (Å²) in [5, 5.41) is 0. The summed E-state index contributed by atoms with van der Waals surface area (Å²) in [5.41, 5.74) is 2.26. The van der Waals surface area contributed by atoms with Gasteiger partial charge in [0.05, 0.1) is 0 Å². The molecule has 0 bridgehead atoms. The Morgan fingerprint density at radius 2 is 2.12 bits per heavy atom. The zero-order valence-electron chi connectivity index (χ0n) is 16.2. The molecule has 0 N–H and O–H groups in total. The van der Waals surface area contributed by atoms with E-state index in [9.17, 15) is 4.79 Å². The maximum atomic E-state index is 12.4. The first kappa shape index (κ1) is 19.0. The van der Waals surface area contributed by atoms with Crippen LogP contribution < -0.4 is 4.74 Å². The van der Waals surface area contributed by atoms with Crippen LogP contribution in [0.15, 0.2) is 36.4 Å². The molecule has 1 aromatic rings. The van der Waals surface area contributed by atoms with Crippen molar-refractivity contribution in [2.45, 2.75) is 51.6 Å². The Morgan fingerprint density at radius 1 is 1.35 bits per heavy atom. The molecule has 1 aliphatic heterocycles. The van der Waals surface area contributed by atoms with Gasteiger partial charge in [0.1, 0.15) is 12.4 Å². The number of nitrogens with zero attached hydrogens (tertiary/aromatic N) is 2. The van der Waals surface area contributed by atoms with Gasteiger partial charge >= 0.3 is 0 Å². The van der Waals surface area contributed by atoms with Crippen LogP contribution in [0.1, 0.15) is 44.6 Å². The van der Waals surface area contributed by atoms with Gasteiger partial charge in [0.15, 0.2) is 0 Å². The Kier molecular flexibility index (Phi) is 6.36. The number of carbonyl (C=O) groups excluding carboxylic acids is 1. The van der Waals surface area contributed by atoms with Gasteiger partial charge in [-0.2, -0.15) is 0 Å². The molecule has 1 aliphatic carbocycles. The molecule has 4 nitrogen and oxygen atoms in total. The normalized spacial score (nSPS) is 21.0. The van der Waals surface area contributed by atoms with Crippen LogP contribution in [-0.2, 0) is 11.3 Å². The van der Waals surface area contributed by atoms with Crippen molar-refractivity contribution < 1.29 is 9.53 Å². The molecular weight excluding hydrogens is 324 g/mol. The number of hydrogen-bond acceptors (Lipinski definition) is 3. The first-order chi connectivity index (χ1) is 12.5. The Labute approximate surface area is 157 Å². The molecule has 1 saturated carbocycles. The summed E-state index contributed by atoms with van der Waals surface area (Å²) in [6.45, 7) is 9.18. The average Bonchev–Trinajstić information content (AvgIpc) is 3.22. The van der Waals surface area contributed by atoms with Gasteiger partial charge in [-0.3, -0.25) is 4.79 Å². The highest BCUT2D eigenvalue weighted by atomic mass is 16.5. The third-order valence-corrected chi connectivity index (χ3v) is 5.41. The molecule has 1 amide bonds. The second-order valence-corrected chi connectivity index (χ2v) is 8.14. The predicted molar refractivity (Wildman–Crippen MR) is 105 cm³/mol. The van der Waals surface area contributed by atoms with Crippen molar-refractivity contribution in [2.24, 2.45) is 5.92 Å². The highest BCUT2D eigenvalue weighted by Crippen LogP contribution is 2.29. The maximum absolute atomic E-state index is 12.4. The van der Waals surface area contributed by atoms with E-state index in [1.165, 1.54) is 31.2 Å². The Morgan fingerprint density at radius 3 is 2.85 bits per heavy atom. The average molecular weight is 357 g/mol. The van der Waals surface area contributed by atoms with Crippen LogP contribution in [0.4, 0.5) is 0 Å². The lowest BCUT2D eigenvalue weighted by Crippen LogP contribution is -2.35. The summed E-state index contributed by atoms with van der Waals surface area (Å²) in [4.78, 5) is 16.9. The van der Waals surface area contributed by atoms with Gasteiger partial charge in [0.25, 0.3) is 0 Å². The van der Waals surface area contributed by atoms with Crippen LogP contribution in [0.2, 0.25) is 0 Å². The quantitative estimate of drug-likeness (QED) is 0.663. The summed E-state index contributed by atoms with van der Waals surface area (Å²) in [6, 6.07) is 8.78. The minimum absolute atomic E-state index is 0.366. The van der Waals surface area contributed by atoms with Crippen molar-refractivity contribution in [1.29, 1.82) is 0 Å². The number of ether oxygens (including phenoxy) is 1. The zero-order valence-corrected chi connectivity index (χ0v) is 16.2. The smallest absolute Gasteiger partial charge is 0.223 e. The molecule has 4 heteroatoms. The molecule has 1 unspecified atom stereocenters. The number of amides is 1. The van der Waals surface area contributed by atoms with E-state index in [2.05, 4.69) is 35.6 Å². The summed E-state index contributed by atoms with van der Waals surface area (Å²) in [6.07, 6.45) is 5.67. The molecule has 2 aliphatic rings. The van der Waals surface area contributed by atoms with Crippen LogP contribution >= 0.6 is 0 Å². The van der Waals surface area contributed by atoms with Crippen LogP contribution in [0, 0.1) is 5.92 Å². The molecule has 0 aromatic heterocycles. The fourth-order valence-electron chi connectivity index (χ4n) is 4.26. The number of likely N-dealkylation sites (tertiary alicyclic amines) is 1. The second-order valence-electron chi connectivity index (χ2n) is 8.14. The predicted octanol–water partition coefficient (Wildman–Crippen LogP) is 3.86. The summed E-state index contributed by atoms with van der Waals surface area (Å²) in [7, 11) is 2.14. The van der Waals surface area contributed by atoms with Gasteiger partial charge in [-0.15, -0.1) is 0 Å². The molecule has 26 heavy (non-hydrogen) atoms. The molecule has 1 atom stereocenters. The standard InChI is InChI=1S/C22H32N2O2/c1-17(2)16-26-21-10-6-7-18(11-21)13-23(3)14-19-12-22(25)24(15-19)20-8-4-5-9-20/h6-7,10-11,19-20H,1,4-5,8-9,12-16H2,2-3H3. The minimum atomic E-state index is 0.366. The molecule has 1 heterocycles. The van der Waals surface area contributed by atoms with Crippen LogP contribution in [0.5, 0.6) is 5.75 Å². The Bertz CT molecular complexity index is 637. The van der Waals surface area contributed by atoms with Crippen molar-refractivity contribution in [1.82, 2.24) is 9.80 Å². The first-order valence-corrected chi connectivity index (χ1v) is 9.85. The Balaban J connectivity index is 1.49. The van der Waals surface area contributed by atoms with Crippen molar-refractivity contribution >= 4 is 5.91 Å². The van der Waals surface area contributed by atoms with Gasteiger partial charge in [-0.1, -0.05) is 31.6 Å². The zero-order chi connectivity index (χ0) is 18.5. The molecule has 1 saturated heterocycles. The van der Waals surface area contributed by atoms with E-state index < -0.39 is 0 Å². The number of carbonyl (C=O) groups is 1. The minimum Gasteiger partial charge on any atom is -0.489 e. The largest absolute Gasteiger partial charge is 0.489 e. The SMILES string of the molecule is C=C(C)COc1cccc(CN(C)CC2CC(=O)N(C3CCCC3)C2)c1. The summed E-state index contributed by atoms with van der Waals surface area (Å²) >= 11 is 0. The van der Waals surface area contributed by atoms with E-state index in [1.54, 1.807) is 0 Å². The van der Waals surface area contributed by atoms with Crippen molar-refractivity contribution in [3.8, 4) is 5.75 Å². The highest BCUT2D eigenvalue weighted by molar-refractivity contribution is 5.79. The molecule has 142 valence electrons. The lowest BCUT2D eigenvalue weighted by atomic mass is 10.1. The molecular formula is C22H32N2O2. The van der Waals surface area contributed by atoms with E-state index >= 15 is 0 Å². The van der Waals surface area contributed by atoms with E-state index in [4.69, 9.17) is 4.74 Å².